The number of fused-ring (bicyclic) bond motifs is 1. The summed E-state index contributed by atoms with van der Waals surface area (Å²) in [6.07, 6.45) is 1.11. The molecule has 0 unspecified atom stereocenters. The summed E-state index contributed by atoms with van der Waals surface area (Å²) in [6, 6.07) is 0. The van der Waals surface area contributed by atoms with Crippen LogP contribution in [-0.2, 0) is 11.3 Å². The minimum atomic E-state index is -1.16. The first-order chi connectivity index (χ1) is 8.41. The number of aliphatic carboxylic acids is 1. The second-order valence-corrected chi connectivity index (χ2v) is 4.61. The summed E-state index contributed by atoms with van der Waals surface area (Å²) in [5, 5.41) is 17.8. The predicted octanol–water partition coefficient (Wildman–Crippen LogP) is 0.549. The van der Waals surface area contributed by atoms with Gasteiger partial charge in [0, 0.05) is 0 Å². The lowest BCUT2D eigenvalue weighted by Gasteiger charge is -2.00. The second-order valence-electron chi connectivity index (χ2n) is 3.61. The van der Waals surface area contributed by atoms with E-state index in [9.17, 15) is 14.4 Å². The summed E-state index contributed by atoms with van der Waals surface area (Å²) < 4.78 is 0.940. The average Bonchev–Trinajstić information content (AvgIpc) is 2.60. The minimum Gasteiger partial charge on any atom is -0.480 e. The molecule has 7 nitrogen and oxygen atoms in total. The summed E-state index contributed by atoms with van der Waals surface area (Å²) >= 11 is 0.902. The zero-order valence-corrected chi connectivity index (χ0v) is 10.0. The maximum absolute atomic E-state index is 12.0. The van der Waals surface area contributed by atoms with Crippen LogP contribution in [0.3, 0.4) is 0 Å². The van der Waals surface area contributed by atoms with Gasteiger partial charge in [0.05, 0.1) is 11.7 Å². The largest absolute Gasteiger partial charge is 0.480 e. The molecule has 0 saturated heterocycles. The first-order valence-electron chi connectivity index (χ1n) is 4.85. The van der Waals surface area contributed by atoms with E-state index in [1.807, 2.05) is 0 Å². The van der Waals surface area contributed by atoms with E-state index in [1.54, 1.807) is 0 Å². The van der Waals surface area contributed by atoms with Crippen molar-refractivity contribution in [2.75, 3.05) is 0 Å². The molecular formula is C10H8N2O5S. The Morgan fingerprint density at radius 3 is 2.67 bits per heavy atom. The lowest BCUT2D eigenvalue weighted by Crippen LogP contribution is -2.24. The van der Waals surface area contributed by atoms with Gasteiger partial charge in [-0.15, -0.1) is 11.3 Å². The molecule has 0 atom stereocenters. The number of carbonyl (C=O) groups is 2. The number of rotatable bonds is 3. The van der Waals surface area contributed by atoms with Crippen LogP contribution in [0.2, 0.25) is 0 Å². The highest BCUT2D eigenvalue weighted by Crippen LogP contribution is 2.26. The number of nitrogens with zero attached hydrogens (tertiary/aromatic N) is 2. The molecule has 2 aromatic heterocycles. The Balaban J connectivity index is 2.74. The second kappa shape index (κ2) is 4.22. The van der Waals surface area contributed by atoms with E-state index in [2.05, 4.69) is 4.98 Å². The van der Waals surface area contributed by atoms with Gasteiger partial charge in [0.25, 0.3) is 5.56 Å². The lowest BCUT2D eigenvalue weighted by molar-refractivity contribution is -0.137. The molecule has 2 heterocycles. The van der Waals surface area contributed by atoms with Gasteiger partial charge in [-0.1, -0.05) is 0 Å². The smallest absolute Gasteiger partial charge is 0.346 e. The van der Waals surface area contributed by atoms with Gasteiger partial charge < -0.3 is 10.2 Å². The Labute approximate surface area is 104 Å². The Morgan fingerprint density at radius 1 is 1.44 bits per heavy atom. The van der Waals surface area contributed by atoms with Gasteiger partial charge in [-0.25, -0.2) is 9.78 Å². The molecule has 2 aromatic rings. The monoisotopic (exact) mass is 268 g/mol. The first kappa shape index (κ1) is 12.2. The molecule has 0 saturated carbocycles. The van der Waals surface area contributed by atoms with Gasteiger partial charge in [-0.3, -0.25) is 14.2 Å². The van der Waals surface area contributed by atoms with Crippen molar-refractivity contribution >= 4 is 33.5 Å². The van der Waals surface area contributed by atoms with Crippen LogP contribution in [0.15, 0.2) is 11.1 Å². The highest BCUT2D eigenvalue weighted by Gasteiger charge is 2.19. The Bertz CT molecular complexity index is 715. The normalized spacial score (nSPS) is 10.7. The fraction of sp³-hybridized carbons (Fsp3) is 0.200. The van der Waals surface area contributed by atoms with Crippen molar-refractivity contribution in [2.24, 2.45) is 0 Å². The van der Waals surface area contributed by atoms with Crippen LogP contribution >= 0.6 is 11.3 Å². The molecule has 18 heavy (non-hydrogen) atoms. The quantitative estimate of drug-likeness (QED) is 0.841. The molecule has 0 fully saturated rings. The number of aromatic carboxylic acids is 1. The molecular weight excluding hydrogens is 260 g/mol. The van der Waals surface area contributed by atoms with Gasteiger partial charge in [0.15, 0.2) is 0 Å². The lowest BCUT2D eigenvalue weighted by atomic mass is 10.2. The van der Waals surface area contributed by atoms with Crippen molar-refractivity contribution in [1.82, 2.24) is 9.55 Å². The fourth-order valence-electron chi connectivity index (χ4n) is 1.62. The zero-order valence-electron chi connectivity index (χ0n) is 9.21. The van der Waals surface area contributed by atoms with Crippen LogP contribution in [0, 0.1) is 6.92 Å². The summed E-state index contributed by atoms with van der Waals surface area (Å²) in [5.74, 6) is -2.29. The first-order valence-corrected chi connectivity index (χ1v) is 5.67. The summed E-state index contributed by atoms with van der Waals surface area (Å²) in [7, 11) is 0. The molecule has 0 radical (unpaired) electrons. The molecule has 0 aliphatic heterocycles. The van der Waals surface area contributed by atoms with E-state index in [4.69, 9.17) is 10.2 Å². The minimum absolute atomic E-state index is 0.0441. The molecule has 2 rings (SSSR count). The topological polar surface area (TPSA) is 109 Å². The molecule has 8 heteroatoms. The van der Waals surface area contributed by atoms with Crippen molar-refractivity contribution in [3.63, 3.8) is 0 Å². The molecule has 94 valence electrons. The molecule has 0 aliphatic rings. The Morgan fingerprint density at radius 2 is 2.11 bits per heavy atom. The fourth-order valence-corrected chi connectivity index (χ4v) is 2.60. The number of aromatic nitrogens is 2. The number of hydrogen-bond donors (Lipinski definition) is 2. The Hall–Kier alpha value is -2.22. The SMILES string of the molecule is Cc1c(C(=O)O)sc2ncn(CC(=O)O)c(=O)c12. The van der Waals surface area contributed by atoms with Crippen molar-refractivity contribution in [3.05, 3.63) is 27.1 Å². The third-order valence-electron chi connectivity index (χ3n) is 2.42. The molecule has 0 aliphatic carbocycles. The average molecular weight is 268 g/mol. The molecule has 0 bridgehead atoms. The van der Waals surface area contributed by atoms with Crippen molar-refractivity contribution in [2.45, 2.75) is 13.5 Å². The number of carboxylic acid groups (broad SMARTS) is 2. The number of thiophene rings is 1. The van der Waals surface area contributed by atoms with Crippen LogP contribution in [0.25, 0.3) is 10.2 Å². The van der Waals surface area contributed by atoms with E-state index < -0.39 is 24.0 Å². The van der Waals surface area contributed by atoms with Crippen molar-refractivity contribution < 1.29 is 19.8 Å². The maximum atomic E-state index is 12.0. The number of carboxylic acids is 2. The van der Waals surface area contributed by atoms with E-state index in [1.165, 1.54) is 6.92 Å². The van der Waals surface area contributed by atoms with Crippen LogP contribution in [0.1, 0.15) is 15.2 Å². The third kappa shape index (κ3) is 1.86. The maximum Gasteiger partial charge on any atom is 0.346 e. The standard InChI is InChI=1S/C10H8N2O5S/c1-4-6-8(18-7(4)10(16)17)11-3-12(9(6)15)2-5(13)14/h3H,2H2,1H3,(H,13,14)(H,16,17). The van der Waals surface area contributed by atoms with Gasteiger partial charge in [-0.05, 0) is 12.5 Å². The van der Waals surface area contributed by atoms with Gasteiger partial charge in [-0.2, -0.15) is 0 Å². The van der Waals surface area contributed by atoms with Crippen LogP contribution in [0.5, 0.6) is 0 Å². The number of hydrogen-bond acceptors (Lipinski definition) is 5. The van der Waals surface area contributed by atoms with Crippen LogP contribution in [-0.4, -0.2) is 31.7 Å². The highest BCUT2D eigenvalue weighted by atomic mass is 32.1. The van der Waals surface area contributed by atoms with Crippen LogP contribution in [0.4, 0.5) is 0 Å². The summed E-state index contributed by atoms with van der Waals surface area (Å²) in [4.78, 5) is 37.8. The summed E-state index contributed by atoms with van der Waals surface area (Å²) in [5.41, 5.74) is -0.219. The molecule has 0 aromatic carbocycles. The number of aryl methyl sites for hydroxylation is 1. The van der Waals surface area contributed by atoms with Gasteiger partial charge in [0.1, 0.15) is 16.3 Å². The van der Waals surface area contributed by atoms with Crippen molar-refractivity contribution in [1.29, 1.82) is 0 Å². The zero-order chi connectivity index (χ0) is 13.4. The molecule has 0 amide bonds. The van der Waals surface area contributed by atoms with Crippen LogP contribution < -0.4 is 5.56 Å². The molecule has 0 spiro atoms. The third-order valence-corrected chi connectivity index (χ3v) is 3.60. The van der Waals surface area contributed by atoms with Gasteiger partial charge in [0.2, 0.25) is 0 Å². The Kier molecular flexibility index (Phi) is 2.87. The van der Waals surface area contributed by atoms with E-state index in [-0.39, 0.29) is 10.3 Å². The molecule has 2 N–H and O–H groups in total. The predicted molar refractivity (Wildman–Crippen MR) is 63.2 cm³/mol. The van der Waals surface area contributed by atoms with E-state index >= 15 is 0 Å². The summed E-state index contributed by atoms with van der Waals surface area (Å²) in [6.45, 7) is 1.01. The van der Waals surface area contributed by atoms with Gasteiger partial charge >= 0.3 is 11.9 Å². The highest BCUT2D eigenvalue weighted by molar-refractivity contribution is 7.20. The van der Waals surface area contributed by atoms with Crippen molar-refractivity contribution in [3.8, 4) is 0 Å². The van der Waals surface area contributed by atoms with E-state index in [0.717, 1.165) is 22.2 Å². The van der Waals surface area contributed by atoms with E-state index in [0.29, 0.717) is 10.4 Å².